The second-order valence-corrected chi connectivity index (χ2v) is 8.72. The van der Waals surface area contributed by atoms with Crippen LogP contribution in [0.4, 0.5) is 0 Å². The highest BCUT2D eigenvalue weighted by Gasteiger charge is 2.15. The smallest absolute Gasteiger partial charge is 0.127 e. The van der Waals surface area contributed by atoms with Crippen LogP contribution in [0.15, 0.2) is 97.1 Å². The lowest BCUT2D eigenvalue weighted by Gasteiger charge is -2.19. The molecule has 0 saturated heterocycles. The standard InChI is InChI=1S/C32H32O6/c1-35-29-12-7-6-11-27(29)28-21-23(22-31(36-2)32(33)34)13-18-30(28)38-20-8-19-37-26-16-14-25(15-17-26)24-9-4-3-5-10-24/h3-7,9-18,21,31H,8,19-20,22H2,1-2H3,(H,33,34)/p-1/t31-/m0/s1. The van der Waals surface area contributed by atoms with E-state index in [0.717, 1.165) is 28.0 Å². The third-order valence-corrected chi connectivity index (χ3v) is 6.19. The summed E-state index contributed by atoms with van der Waals surface area (Å²) in [7, 11) is 2.97. The summed E-state index contributed by atoms with van der Waals surface area (Å²) in [5, 5.41) is 11.4. The van der Waals surface area contributed by atoms with Gasteiger partial charge >= 0.3 is 0 Å². The number of carbonyl (C=O) groups excluding carboxylic acids is 1. The summed E-state index contributed by atoms with van der Waals surface area (Å²) in [5.74, 6) is 0.929. The number of hydrogen-bond acceptors (Lipinski definition) is 6. The molecule has 6 nitrogen and oxygen atoms in total. The first-order chi connectivity index (χ1) is 18.6. The van der Waals surface area contributed by atoms with Crippen molar-refractivity contribution in [3.63, 3.8) is 0 Å². The molecule has 0 radical (unpaired) electrons. The van der Waals surface area contributed by atoms with E-state index in [1.807, 2.05) is 72.8 Å². The number of para-hydroxylation sites is 1. The van der Waals surface area contributed by atoms with Gasteiger partial charge in [0.05, 0.1) is 26.3 Å². The van der Waals surface area contributed by atoms with Gasteiger partial charge in [-0.1, -0.05) is 66.7 Å². The quantitative estimate of drug-likeness (QED) is 0.230. The Morgan fingerprint density at radius 3 is 2.13 bits per heavy atom. The first-order valence-corrected chi connectivity index (χ1v) is 12.5. The van der Waals surface area contributed by atoms with Crippen LogP contribution in [0.1, 0.15) is 12.0 Å². The number of carboxylic acids is 1. The van der Waals surface area contributed by atoms with Gasteiger partial charge in [0.25, 0.3) is 0 Å². The van der Waals surface area contributed by atoms with E-state index in [0.29, 0.717) is 31.1 Å². The maximum Gasteiger partial charge on any atom is 0.127 e. The highest BCUT2D eigenvalue weighted by molar-refractivity contribution is 5.77. The highest BCUT2D eigenvalue weighted by Crippen LogP contribution is 2.37. The van der Waals surface area contributed by atoms with Crippen molar-refractivity contribution in [1.82, 2.24) is 0 Å². The fourth-order valence-electron chi connectivity index (χ4n) is 4.19. The molecular weight excluding hydrogens is 480 g/mol. The summed E-state index contributed by atoms with van der Waals surface area (Å²) in [6, 6.07) is 31.5. The van der Waals surface area contributed by atoms with Crippen LogP contribution in [0.3, 0.4) is 0 Å². The van der Waals surface area contributed by atoms with Crippen molar-refractivity contribution in [3.8, 4) is 39.5 Å². The molecule has 4 aromatic carbocycles. The van der Waals surface area contributed by atoms with E-state index < -0.39 is 12.1 Å². The second-order valence-electron chi connectivity index (χ2n) is 8.72. The number of rotatable bonds is 13. The maximum absolute atomic E-state index is 11.4. The van der Waals surface area contributed by atoms with Crippen molar-refractivity contribution in [2.24, 2.45) is 0 Å². The molecule has 4 aromatic rings. The lowest BCUT2D eigenvalue weighted by atomic mass is 9.98. The van der Waals surface area contributed by atoms with Gasteiger partial charge in [0.2, 0.25) is 0 Å². The number of benzene rings is 4. The van der Waals surface area contributed by atoms with Gasteiger partial charge in [-0.05, 0) is 47.0 Å². The fraction of sp³-hybridized carbons (Fsp3) is 0.219. The summed E-state index contributed by atoms with van der Waals surface area (Å²) in [6.45, 7) is 0.956. The van der Waals surface area contributed by atoms with Gasteiger partial charge in [0, 0.05) is 31.1 Å². The molecule has 4 rings (SSSR count). The number of carbonyl (C=O) groups is 1. The van der Waals surface area contributed by atoms with Crippen LogP contribution in [0.2, 0.25) is 0 Å². The molecule has 0 aliphatic carbocycles. The Hall–Kier alpha value is -4.29. The van der Waals surface area contributed by atoms with Crippen molar-refractivity contribution in [3.05, 3.63) is 103 Å². The van der Waals surface area contributed by atoms with Crippen molar-refractivity contribution in [1.29, 1.82) is 0 Å². The van der Waals surface area contributed by atoms with Crippen LogP contribution in [0.25, 0.3) is 22.3 Å². The summed E-state index contributed by atoms with van der Waals surface area (Å²) >= 11 is 0. The number of hydrogen-bond donors (Lipinski definition) is 0. The van der Waals surface area contributed by atoms with E-state index in [-0.39, 0.29) is 6.42 Å². The Balaban J connectivity index is 1.40. The molecule has 0 unspecified atom stereocenters. The molecule has 0 fully saturated rings. The molecule has 0 aliphatic rings. The summed E-state index contributed by atoms with van der Waals surface area (Å²) < 4.78 is 22.7. The molecule has 0 aromatic heterocycles. The van der Waals surface area contributed by atoms with Crippen molar-refractivity contribution < 1.29 is 28.8 Å². The van der Waals surface area contributed by atoms with Gasteiger partial charge in [0.1, 0.15) is 23.4 Å². The van der Waals surface area contributed by atoms with Crippen LogP contribution in [-0.2, 0) is 16.0 Å². The topological polar surface area (TPSA) is 77.1 Å². The normalized spacial score (nSPS) is 11.5. The van der Waals surface area contributed by atoms with Gasteiger partial charge in [0.15, 0.2) is 0 Å². The third kappa shape index (κ3) is 6.93. The fourth-order valence-corrected chi connectivity index (χ4v) is 4.19. The van der Waals surface area contributed by atoms with Gasteiger partial charge in [-0.25, -0.2) is 0 Å². The van der Waals surface area contributed by atoms with Crippen LogP contribution in [0.5, 0.6) is 17.2 Å². The van der Waals surface area contributed by atoms with E-state index in [4.69, 9.17) is 18.9 Å². The van der Waals surface area contributed by atoms with Crippen LogP contribution in [0, 0.1) is 0 Å². The average Bonchev–Trinajstić information content (AvgIpc) is 2.96. The maximum atomic E-state index is 11.4. The minimum atomic E-state index is -1.25. The Bertz CT molecular complexity index is 1320. The number of ether oxygens (including phenoxy) is 4. The lowest BCUT2D eigenvalue weighted by molar-refractivity contribution is -0.315. The Labute approximate surface area is 223 Å². The molecule has 1 atom stereocenters. The summed E-state index contributed by atoms with van der Waals surface area (Å²) in [6.07, 6.45) is -0.173. The van der Waals surface area contributed by atoms with E-state index in [2.05, 4.69) is 24.3 Å². The molecule has 0 spiro atoms. The zero-order chi connectivity index (χ0) is 26.7. The van der Waals surface area contributed by atoms with Crippen LogP contribution < -0.4 is 19.3 Å². The van der Waals surface area contributed by atoms with E-state index >= 15 is 0 Å². The average molecular weight is 512 g/mol. The van der Waals surface area contributed by atoms with Crippen molar-refractivity contribution >= 4 is 5.97 Å². The van der Waals surface area contributed by atoms with E-state index in [1.54, 1.807) is 7.11 Å². The minimum Gasteiger partial charge on any atom is -0.547 e. The van der Waals surface area contributed by atoms with Crippen molar-refractivity contribution in [2.75, 3.05) is 27.4 Å². The molecule has 6 heteroatoms. The van der Waals surface area contributed by atoms with Crippen molar-refractivity contribution in [2.45, 2.75) is 18.9 Å². The van der Waals surface area contributed by atoms with Gasteiger partial charge in [-0.15, -0.1) is 0 Å². The molecule has 0 bridgehead atoms. The van der Waals surface area contributed by atoms with E-state index in [1.165, 1.54) is 12.7 Å². The first-order valence-electron chi connectivity index (χ1n) is 12.5. The molecule has 0 N–H and O–H groups in total. The molecule has 0 amide bonds. The Morgan fingerprint density at radius 2 is 1.42 bits per heavy atom. The Kier molecular flexibility index (Phi) is 9.37. The summed E-state index contributed by atoms with van der Waals surface area (Å²) in [4.78, 5) is 11.4. The van der Waals surface area contributed by atoms with Gasteiger partial charge in [-0.2, -0.15) is 0 Å². The SMILES string of the molecule is COc1ccccc1-c1cc(C[C@H](OC)C(=O)[O-])ccc1OCCCOc1ccc(-c2ccccc2)cc1. The first kappa shape index (κ1) is 26.8. The third-order valence-electron chi connectivity index (χ3n) is 6.19. The monoisotopic (exact) mass is 511 g/mol. The predicted octanol–water partition coefficient (Wildman–Crippen LogP) is 5.18. The molecule has 0 saturated carbocycles. The van der Waals surface area contributed by atoms with Crippen LogP contribution >= 0.6 is 0 Å². The minimum absolute atomic E-state index is 0.179. The van der Waals surface area contributed by atoms with Gasteiger partial charge < -0.3 is 28.8 Å². The lowest BCUT2D eigenvalue weighted by Crippen LogP contribution is -2.38. The van der Waals surface area contributed by atoms with Crippen LogP contribution in [-0.4, -0.2) is 39.5 Å². The number of carboxylic acid groups (broad SMARTS) is 1. The number of methoxy groups -OCH3 is 2. The molecular formula is C32H31O6-. The predicted molar refractivity (Wildman–Crippen MR) is 145 cm³/mol. The zero-order valence-corrected chi connectivity index (χ0v) is 21.6. The zero-order valence-electron chi connectivity index (χ0n) is 21.6. The molecule has 38 heavy (non-hydrogen) atoms. The largest absolute Gasteiger partial charge is 0.547 e. The highest BCUT2D eigenvalue weighted by atomic mass is 16.5. The molecule has 0 heterocycles. The Morgan fingerprint density at radius 1 is 0.737 bits per heavy atom. The second kappa shape index (κ2) is 13.3. The van der Waals surface area contributed by atoms with Gasteiger partial charge in [-0.3, -0.25) is 0 Å². The van der Waals surface area contributed by atoms with E-state index in [9.17, 15) is 9.90 Å². The summed E-state index contributed by atoms with van der Waals surface area (Å²) in [5.41, 5.74) is 4.76. The molecule has 196 valence electrons. The number of aliphatic carboxylic acids is 1. The molecule has 0 aliphatic heterocycles.